The highest BCUT2D eigenvalue weighted by Crippen LogP contribution is 2.34. The quantitative estimate of drug-likeness (QED) is 0.286. The number of para-hydroxylation sites is 3. The van der Waals surface area contributed by atoms with Crippen molar-refractivity contribution >= 4 is 23.4 Å². The van der Waals surface area contributed by atoms with Crippen molar-refractivity contribution in [2.45, 2.75) is 27.2 Å². The maximum absolute atomic E-state index is 13.4. The van der Waals surface area contributed by atoms with E-state index in [0.717, 1.165) is 28.1 Å². The van der Waals surface area contributed by atoms with Crippen LogP contribution in [0.4, 0.5) is 16.3 Å². The third-order valence-corrected chi connectivity index (χ3v) is 6.19. The molecule has 1 aromatic heterocycles. The zero-order valence-corrected chi connectivity index (χ0v) is 22.2. The normalized spacial score (nSPS) is 10.6. The van der Waals surface area contributed by atoms with Gasteiger partial charge in [0.05, 0.1) is 24.2 Å². The van der Waals surface area contributed by atoms with Crippen molar-refractivity contribution in [2.75, 3.05) is 30.8 Å². The third-order valence-electron chi connectivity index (χ3n) is 6.19. The molecular weight excluding hydrogens is 478 g/mol. The topological polar surface area (TPSA) is 88.5 Å². The molecule has 8 nitrogen and oxygen atoms in total. The summed E-state index contributed by atoms with van der Waals surface area (Å²) in [5, 5.41) is 10.7. The molecule has 2 N–H and O–H groups in total. The number of hydrogen-bond donors (Lipinski definition) is 2. The second kappa shape index (κ2) is 12.1. The van der Waals surface area contributed by atoms with Gasteiger partial charge in [-0.2, -0.15) is 5.10 Å². The first kappa shape index (κ1) is 26.5. The molecule has 0 aliphatic rings. The Morgan fingerprint density at radius 3 is 2.32 bits per heavy atom. The van der Waals surface area contributed by atoms with Crippen LogP contribution in [-0.2, 0) is 4.79 Å². The van der Waals surface area contributed by atoms with Gasteiger partial charge in [-0.05, 0) is 49.6 Å². The lowest BCUT2D eigenvalue weighted by molar-refractivity contribution is -0.116. The zero-order valence-electron chi connectivity index (χ0n) is 22.2. The molecule has 0 bridgehead atoms. The van der Waals surface area contributed by atoms with Gasteiger partial charge in [0, 0.05) is 12.1 Å². The Morgan fingerprint density at radius 1 is 0.921 bits per heavy atom. The van der Waals surface area contributed by atoms with Gasteiger partial charge in [-0.1, -0.05) is 67.6 Å². The highest BCUT2D eigenvalue weighted by Gasteiger charge is 2.23. The minimum Gasteiger partial charge on any atom is -0.495 e. The van der Waals surface area contributed by atoms with Crippen molar-refractivity contribution in [1.82, 2.24) is 14.7 Å². The minimum absolute atomic E-state index is 0.124. The first-order valence-electron chi connectivity index (χ1n) is 12.6. The first-order valence-corrected chi connectivity index (χ1v) is 12.6. The fraction of sp³-hybridized carbons (Fsp3) is 0.233. The number of nitrogens with one attached hydrogen (secondary N) is 2. The number of carbonyl (C=O) groups is 2. The number of benzene rings is 3. The van der Waals surface area contributed by atoms with Crippen molar-refractivity contribution < 1.29 is 14.3 Å². The summed E-state index contributed by atoms with van der Waals surface area (Å²) in [6, 6.07) is 24.5. The summed E-state index contributed by atoms with van der Waals surface area (Å²) < 4.78 is 7.11. The number of rotatable bonds is 9. The molecule has 1 heterocycles. The van der Waals surface area contributed by atoms with E-state index in [0.29, 0.717) is 30.2 Å². The second-order valence-electron chi connectivity index (χ2n) is 8.97. The van der Waals surface area contributed by atoms with Gasteiger partial charge >= 0.3 is 6.03 Å². The molecule has 0 aliphatic carbocycles. The maximum Gasteiger partial charge on any atom is 0.322 e. The van der Waals surface area contributed by atoms with Crippen LogP contribution in [0.5, 0.6) is 5.75 Å². The van der Waals surface area contributed by atoms with Crippen LogP contribution in [0.2, 0.25) is 0 Å². The largest absolute Gasteiger partial charge is 0.495 e. The zero-order chi connectivity index (χ0) is 27.1. The number of ether oxygens (including phenoxy) is 1. The lowest BCUT2D eigenvalue weighted by Crippen LogP contribution is -2.41. The molecule has 3 amide bonds. The predicted octanol–water partition coefficient (Wildman–Crippen LogP) is 6.05. The molecule has 0 radical (unpaired) electrons. The molecule has 4 rings (SSSR count). The minimum atomic E-state index is -0.377. The van der Waals surface area contributed by atoms with Crippen LogP contribution in [0.25, 0.3) is 16.8 Å². The Bertz CT molecular complexity index is 1410. The summed E-state index contributed by atoms with van der Waals surface area (Å²) in [4.78, 5) is 28.1. The molecular formula is C30H33N5O3. The van der Waals surface area contributed by atoms with E-state index >= 15 is 0 Å². The predicted molar refractivity (Wildman–Crippen MR) is 151 cm³/mol. The van der Waals surface area contributed by atoms with Gasteiger partial charge in [0.1, 0.15) is 18.1 Å². The van der Waals surface area contributed by atoms with Gasteiger partial charge in [-0.25, -0.2) is 9.48 Å². The summed E-state index contributed by atoms with van der Waals surface area (Å²) in [6.45, 7) is 6.19. The number of urea groups is 1. The van der Waals surface area contributed by atoms with Crippen LogP contribution in [0.3, 0.4) is 0 Å². The average Bonchev–Trinajstić information content (AvgIpc) is 3.24. The maximum atomic E-state index is 13.4. The van der Waals surface area contributed by atoms with Gasteiger partial charge in [-0.3, -0.25) is 4.79 Å². The molecule has 0 unspecified atom stereocenters. The Kier molecular flexibility index (Phi) is 8.43. The van der Waals surface area contributed by atoms with Gasteiger partial charge < -0.3 is 20.3 Å². The van der Waals surface area contributed by atoms with E-state index in [2.05, 4.69) is 10.6 Å². The van der Waals surface area contributed by atoms with Crippen LogP contribution in [-0.4, -0.2) is 46.8 Å². The Balaban J connectivity index is 1.64. The third kappa shape index (κ3) is 5.86. The summed E-state index contributed by atoms with van der Waals surface area (Å²) in [5.74, 6) is 0.794. The number of carbonyl (C=O) groups excluding carboxylic acids is 2. The summed E-state index contributed by atoms with van der Waals surface area (Å²) >= 11 is 0. The molecule has 0 fully saturated rings. The van der Waals surface area contributed by atoms with E-state index in [1.165, 1.54) is 4.90 Å². The Morgan fingerprint density at radius 2 is 1.61 bits per heavy atom. The fourth-order valence-electron chi connectivity index (χ4n) is 4.38. The van der Waals surface area contributed by atoms with Gasteiger partial charge in [-0.15, -0.1) is 0 Å². The van der Waals surface area contributed by atoms with Crippen molar-refractivity contribution in [3.8, 4) is 22.6 Å². The second-order valence-corrected chi connectivity index (χ2v) is 8.97. The van der Waals surface area contributed by atoms with Gasteiger partial charge in [0.15, 0.2) is 0 Å². The van der Waals surface area contributed by atoms with E-state index < -0.39 is 0 Å². The standard InChI is InChI=1S/C30H33N5O3/c1-5-19-34(30(37)31-24-16-10-12-18-26(24)38-4)20-27(36)32-29-28(23-14-7-6-8-15-23)22(3)33-35(29)25-17-11-9-13-21(25)2/h6-18H,5,19-20H2,1-4H3,(H,31,37)(H,32,36). The molecule has 3 aromatic carbocycles. The fourth-order valence-corrected chi connectivity index (χ4v) is 4.38. The summed E-state index contributed by atoms with van der Waals surface area (Å²) in [5.41, 5.74) is 5.00. The summed E-state index contributed by atoms with van der Waals surface area (Å²) in [6.07, 6.45) is 0.697. The van der Waals surface area contributed by atoms with E-state index in [1.54, 1.807) is 23.9 Å². The Labute approximate surface area is 223 Å². The van der Waals surface area contributed by atoms with Crippen molar-refractivity contribution in [3.63, 3.8) is 0 Å². The molecule has 0 saturated carbocycles. The first-order chi connectivity index (χ1) is 18.4. The number of aromatic nitrogens is 2. The average molecular weight is 512 g/mol. The number of hydrogen-bond acceptors (Lipinski definition) is 4. The van der Waals surface area contributed by atoms with Crippen molar-refractivity contribution in [2.24, 2.45) is 0 Å². The molecule has 196 valence electrons. The molecule has 0 atom stereocenters. The SMILES string of the molecule is CCCN(CC(=O)Nc1c(-c2ccccc2)c(C)nn1-c1ccccc1C)C(=O)Nc1ccccc1OC. The number of methoxy groups -OCH3 is 1. The lowest BCUT2D eigenvalue weighted by Gasteiger charge is -2.23. The van der Waals surface area contributed by atoms with E-state index in [1.807, 2.05) is 87.5 Å². The van der Waals surface area contributed by atoms with Crippen molar-refractivity contribution in [3.05, 3.63) is 90.1 Å². The number of aryl methyl sites for hydroxylation is 2. The number of nitrogens with zero attached hydrogens (tertiary/aromatic N) is 3. The number of amides is 3. The van der Waals surface area contributed by atoms with E-state index in [9.17, 15) is 9.59 Å². The Hall–Kier alpha value is -4.59. The van der Waals surface area contributed by atoms with Gasteiger partial charge in [0.25, 0.3) is 0 Å². The van der Waals surface area contributed by atoms with Gasteiger partial charge in [0.2, 0.25) is 5.91 Å². The lowest BCUT2D eigenvalue weighted by atomic mass is 10.1. The number of anilines is 2. The molecule has 0 saturated heterocycles. The van der Waals surface area contributed by atoms with Crippen LogP contribution in [0.15, 0.2) is 78.9 Å². The highest BCUT2D eigenvalue weighted by atomic mass is 16.5. The molecule has 38 heavy (non-hydrogen) atoms. The molecule has 0 spiro atoms. The molecule has 4 aromatic rings. The molecule has 0 aliphatic heterocycles. The smallest absolute Gasteiger partial charge is 0.322 e. The van der Waals surface area contributed by atoms with Crippen LogP contribution in [0, 0.1) is 13.8 Å². The molecule has 8 heteroatoms. The van der Waals surface area contributed by atoms with Crippen LogP contribution < -0.4 is 15.4 Å². The van der Waals surface area contributed by atoms with Crippen LogP contribution in [0.1, 0.15) is 24.6 Å². The van der Waals surface area contributed by atoms with Crippen LogP contribution >= 0.6 is 0 Å². The monoisotopic (exact) mass is 511 g/mol. The van der Waals surface area contributed by atoms with E-state index in [4.69, 9.17) is 9.84 Å². The highest BCUT2D eigenvalue weighted by molar-refractivity contribution is 5.99. The van der Waals surface area contributed by atoms with Crippen molar-refractivity contribution in [1.29, 1.82) is 0 Å². The summed E-state index contributed by atoms with van der Waals surface area (Å²) in [7, 11) is 1.55. The van der Waals surface area contributed by atoms with E-state index in [-0.39, 0.29) is 18.5 Å².